The van der Waals surface area contributed by atoms with Gasteiger partial charge < -0.3 is 26.6 Å². The molecule has 0 amide bonds. The van der Waals surface area contributed by atoms with Crippen LogP contribution in [0.2, 0.25) is 0 Å². The lowest BCUT2D eigenvalue weighted by Gasteiger charge is -2.12. The van der Waals surface area contributed by atoms with E-state index >= 15 is 0 Å². The molecular weight excluding hydrogens is 478 g/mol. The van der Waals surface area contributed by atoms with Gasteiger partial charge in [0, 0.05) is 23.9 Å². The summed E-state index contributed by atoms with van der Waals surface area (Å²) in [5.41, 5.74) is 1.78. The number of ether oxygens (including phenoxy) is 3. The van der Waals surface area contributed by atoms with Gasteiger partial charge in [-0.25, -0.2) is 0 Å². The van der Waals surface area contributed by atoms with Gasteiger partial charge in [0.25, 0.3) is 5.69 Å². The molecule has 0 N–H and O–H groups in total. The summed E-state index contributed by atoms with van der Waals surface area (Å²) in [7, 11) is 2.89. The van der Waals surface area contributed by atoms with Gasteiger partial charge in [-0.1, -0.05) is 18.2 Å². The fraction of sp³-hybridized carbons (Fsp3) is 0.130. The molecule has 1 heterocycles. The quantitative estimate of drug-likeness (QED) is 0.115. The normalized spacial score (nSPS) is 10.3. The third kappa shape index (κ3) is 5.20. The fourth-order valence-corrected chi connectivity index (χ4v) is 3.26. The van der Waals surface area contributed by atoms with Crippen molar-refractivity contribution >= 4 is 11.7 Å². The molecule has 0 aliphatic carbocycles. The number of non-ortho nitro benzene ring substituents is 1. The summed E-state index contributed by atoms with van der Waals surface area (Å²) in [6, 6.07) is 18.5. The molecule has 12 heteroatoms. The van der Waals surface area contributed by atoms with Gasteiger partial charge in [-0.15, -0.1) is 0 Å². The van der Waals surface area contributed by atoms with Crippen molar-refractivity contribution in [1.29, 1.82) is 0 Å². The Morgan fingerprint density at radius 3 is 2.11 bits per heavy atom. The Kier molecular flexibility index (Phi) is 7.62. The Bertz CT molecular complexity index is 1330. The van der Waals surface area contributed by atoms with Crippen molar-refractivity contribution in [2.45, 2.75) is 6.92 Å². The summed E-state index contributed by atoms with van der Waals surface area (Å²) < 4.78 is 16.1. The van der Waals surface area contributed by atoms with Crippen LogP contribution >= 0.6 is 0 Å². The van der Waals surface area contributed by atoms with E-state index in [1.807, 2.05) is 30.3 Å². The Morgan fingerprint density at radius 2 is 1.60 bits per heavy atom. The van der Waals surface area contributed by atoms with Crippen LogP contribution in [0.1, 0.15) is 6.92 Å². The van der Waals surface area contributed by atoms with E-state index in [0.717, 1.165) is 5.69 Å². The maximum Gasteiger partial charge on any atom is 0.340 e. The maximum absolute atomic E-state index is 11.5. The Morgan fingerprint density at radius 1 is 1.00 bits per heavy atom. The third-order valence-corrected chi connectivity index (χ3v) is 4.80. The highest BCUT2D eigenvalue weighted by atomic mass is 35.5. The lowest BCUT2D eigenvalue weighted by atomic mass is 10.1. The molecule has 0 aliphatic heterocycles. The molecule has 0 saturated carbocycles. The average Bonchev–Trinajstić information content (AvgIpc) is 3.30. The minimum atomic E-state index is -0.521. The molecule has 0 atom stereocenters. The van der Waals surface area contributed by atoms with E-state index in [1.54, 1.807) is 29.1 Å². The number of hydrogen-bond donors (Lipinski definition) is 0. The van der Waals surface area contributed by atoms with E-state index in [1.165, 1.54) is 38.1 Å². The highest BCUT2D eigenvalue weighted by Crippen LogP contribution is 2.40. The number of tetrazole rings is 1. The molecule has 11 nitrogen and oxygen atoms in total. The fourth-order valence-electron chi connectivity index (χ4n) is 3.26. The zero-order valence-electron chi connectivity index (χ0n) is 18.9. The molecule has 0 aliphatic rings. The second-order valence-electron chi connectivity index (χ2n) is 7.02. The van der Waals surface area contributed by atoms with E-state index in [0.29, 0.717) is 17.1 Å². The van der Waals surface area contributed by atoms with E-state index < -0.39 is 10.9 Å². The number of hydrogen-bond acceptors (Lipinski definition) is 8. The second kappa shape index (κ2) is 10.6. The topological polar surface area (TPSA) is 122 Å². The number of esters is 1. The lowest BCUT2D eigenvalue weighted by molar-refractivity contribution is -0.734. The molecule has 0 spiro atoms. The Balaban J connectivity index is 0.00000342. The van der Waals surface area contributed by atoms with Crippen molar-refractivity contribution in [3.8, 4) is 40.0 Å². The molecule has 0 bridgehead atoms. The first-order valence-corrected chi connectivity index (χ1v) is 10.1. The minimum absolute atomic E-state index is 0. The van der Waals surface area contributed by atoms with Crippen LogP contribution in [0.3, 0.4) is 0 Å². The van der Waals surface area contributed by atoms with Crippen molar-refractivity contribution < 1.29 is 41.1 Å². The van der Waals surface area contributed by atoms with Crippen molar-refractivity contribution in [2.75, 3.05) is 14.2 Å². The number of nitro groups is 1. The number of benzene rings is 3. The smallest absolute Gasteiger partial charge is 0.340 e. The van der Waals surface area contributed by atoms with E-state index in [2.05, 4.69) is 10.2 Å². The second-order valence-corrected chi connectivity index (χ2v) is 7.02. The summed E-state index contributed by atoms with van der Waals surface area (Å²) in [5.74, 6) is 0.469. The number of nitro benzene ring substituents is 1. The van der Waals surface area contributed by atoms with Crippen LogP contribution in [0.25, 0.3) is 22.8 Å². The molecule has 4 aromatic rings. The standard InChI is InChI=1S/C23H20N5O6.ClH/c1-15(29)34-22-20(32-2)13-16(14-21(22)33-3)23-24-26(17-7-5-4-6-8-17)27(25-23)18-9-11-19(12-10-18)28(30)31;/h4-14H,1-3H3;1H/q+1;/p-1. The molecule has 0 radical (unpaired) electrons. The summed E-state index contributed by atoms with van der Waals surface area (Å²) >= 11 is 0. The summed E-state index contributed by atoms with van der Waals surface area (Å²) in [4.78, 5) is 25.2. The molecule has 3 aromatic carbocycles. The third-order valence-electron chi connectivity index (χ3n) is 4.80. The lowest BCUT2D eigenvalue weighted by Crippen LogP contribution is -3.00. The molecule has 180 valence electrons. The van der Waals surface area contributed by atoms with E-state index in [-0.39, 0.29) is 35.3 Å². The van der Waals surface area contributed by atoms with Crippen LogP contribution in [-0.4, -0.2) is 40.1 Å². The van der Waals surface area contributed by atoms with Gasteiger partial charge in [0.2, 0.25) is 5.75 Å². The van der Waals surface area contributed by atoms with Gasteiger partial charge >= 0.3 is 11.8 Å². The first kappa shape index (κ1) is 25.1. The van der Waals surface area contributed by atoms with Gasteiger partial charge in [0.05, 0.1) is 29.8 Å². The number of carbonyl (C=O) groups is 1. The van der Waals surface area contributed by atoms with Gasteiger partial charge in [0.1, 0.15) is 5.69 Å². The van der Waals surface area contributed by atoms with Crippen molar-refractivity contribution in [3.63, 3.8) is 0 Å². The zero-order valence-corrected chi connectivity index (χ0v) is 19.7. The van der Waals surface area contributed by atoms with Crippen LogP contribution < -0.4 is 31.4 Å². The number of rotatable bonds is 7. The molecular formula is C23H20ClN5O6. The SMILES string of the molecule is COc1cc(-c2nn(-c3ccccc3)[n+](-c3ccc([N+](=O)[O-])cc3)n2)cc(OC)c1OC(C)=O.[Cl-]. The number of methoxy groups -OCH3 is 2. The van der Waals surface area contributed by atoms with Crippen molar-refractivity contribution in [1.82, 2.24) is 15.0 Å². The largest absolute Gasteiger partial charge is 1.00 e. The number of aromatic nitrogens is 4. The summed E-state index contributed by atoms with van der Waals surface area (Å²) in [6.07, 6.45) is 0. The number of halogens is 1. The van der Waals surface area contributed by atoms with Crippen LogP contribution in [-0.2, 0) is 4.79 Å². The van der Waals surface area contributed by atoms with Crippen LogP contribution in [0, 0.1) is 10.1 Å². The molecule has 0 unspecified atom stereocenters. The van der Waals surface area contributed by atoms with Gasteiger partial charge in [-0.3, -0.25) is 14.9 Å². The predicted octanol–water partition coefficient (Wildman–Crippen LogP) is 0.0657. The highest BCUT2D eigenvalue weighted by Gasteiger charge is 2.27. The van der Waals surface area contributed by atoms with Gasteiger partial charge in [-0.2, -0.15) is 0 Å². The maximum atomic E-state index is 11.5. The predicted molar refractivity (Wildman–Crippen MR) is 119 cm³/mol. The zero-order chi connectivity index (χ0) is 24.2. The molecule has 0 fully saturated rings. The molecule has 1 aromatic heterocycles. The Hall–Kier alpha value is -4.51. The summed E-state index contributed by atoms with van der Waals surface area (Å²) in [6.45, 7) is 1.28. The monoisotopic (exact) mass is 497 g/mol. The molecule has 4 rings (SSSR count). The van der Waals surface area contributed by atoms with Gasteiger partial charge in [0.15, 0.2) is 17.2 Å². The molecule has 35 heavy (non-hydrogen) atoms. The van der Waals surface area contributed by atoms with Crippen LogP contribution in [0.5, 0.6) is 17.2 Å². The van der Waals surface area contributed by atoms with Crippen LogP contribution in [0.4, 0.5) is 5.69 Å². The van der Waals surface area contributed by atoms with Crippen LogP contribution in [0.15, 0.2) is 66.7 Å². The first-order valence-electron chi connectivity index (χ1n) is 10.1. The summed E-state index contributed by atoms with van der Waals surface area (Å²) in [5, 5.41) is 20.3. The highest BCUT2D eigenvalue weighted by molar-refractivity contribution is 5.74. The van der Waals surface area contributed by atoms with E-state index in [9.17, 15) is 14.9 Å². The number of nitrogens with zero attached hydrogens (tertiary/aromatic N) is 5. The minimum Gasteiger partial charge on any atom is -1.00 e. The van der Waals surface area contributed by atoms with Gasteiger partial charge in [-0.05, 0) is 46.3 Å². The first-order chi connectivity index (χ1) is 16.4. The van der Waals surface area contributed by atoms with Crippen molar-refractivity contribution in [2.24, 2.45) is 0 Å². The van der Waals surface area contributed by atoms with E-state index in [4.69, 9.17) is 14.2 Å². The number of para-hydroxylation sites is 1. The average molecular weight is 498 g/mol. The molecule has 0 saturated heterocycles. The Labute approximate surface area is 206 Å². The number of carbonyl (C=O) groups excluding carboxylic acids is 1. The van der Waals surface area contributed by atoms with Crippen molar-refractivity contribution in [3.05, 3.63) is 76.8 Å².